The minimum Gasteiger partial charge on any atom is -0.463 e. The molecule has 0 radical (unpaired) electrons. The van der Waals surface area contributed by atoms with Gasteiger partial charge in [-0.1, -0.05) is 0 Å². The zero-order valence-electron chi connectivity index (χ0n) is 12.9. The molecule has 0 spiro atoms. The number of nitrogens with zero attached hydrogens (tertiary/aromatic N) is 1. The molecule has 3 atom stereocenters. The summed E-state index contributed by atoms with van der Waals surface area (Å²) in [4.78, 5) is 46.7. The van der Waals surface area contributed by atoms with E-state index in [-0.39, 0.29) is 6.61 Å². The SMILES string of the molecule is CC(=O)OC[C@H]1O[C@H](n2cc(F)c(=O)[nH]c2=O)C=C[C@@H]1OC(C)=O. The maximum absolute atomic E-state index is 13.4. The van der Waals surface area contributed by atoms with E-state index in [0.29, 0.717) is 6.20 Å². The predicted octanol–water partition coefficient (Wildman–Crippen LogP) is -0.376. The third kappa shape index (κ3) is 4.16. The molecule has 130 valence electrons. The molecular formula is C14H15FN2O7. The first-order valence-electron chi connectivity index (χ1n) is 6.93. The molecule has 0 amide bonds. The maximum atomic E-state index is 13.4. The highest BCUT2D eigenvalue weighted by molar-refractivity contribution is 5.66. The summed E-state index contributed by atoms with van der Waals surface area (Å²) in [6.45, 7) is 2.15. The second-order valence-electron chi connectivity index (χ2n) is 4.97. The average molecular weight is 342 g/mol. The van der Waals surface area contributed by atoms with Crippen molar-refractivity contribution in [3.05, 3.63) is 45.0 Å². The highest BCUT2D eigenvalue weighted by atomic mass is 19.1. The Labute approximate surface area is 134 Å². The third-order valence-electron chi connectivity index (χ3n) is 3.10. The van der Waals surface area contributed by atoms with Gasteiger partial charge in [0, 0.05) is 13.8 Å². The summed E-state index contributed by atoms with van der Waals surface area (Å²) in [5, 5.41) is 0. The van der Waals surface area contributed by atoms with Crippen molar-refractivity contribution in [1.82, 2.24) is 9.55 Å². The lowest BCUT2D eigenvalue weighted by Crippen LogP contribution is -2.43. The monoisotopic (exact) mass is 342 g/mol. The van der Waals surface area contributed by atoms with Crippen LogP contribution in [0.1, 0.15) is 20.1 Å². The quantitative estimate of drug-likeness (QED) is 0.586. The number of H-pyrrole nitrogens is 1. The largest absolute Gasteiger partial charge is 0.463 e. The van der Waals surface area contributed by atoms with Crippen LogP contribution in [0.15, 0.2) is 27.9 Å². The van der Waals surface area contributed by atoms with Crippen LogP contribution in [-0.2, 0) is 23.8 Å². The van der Waals surface area contributed by atoms with Gasteiger partial charge in [0.15, 0.2) is 6.23 Å². The Morgan fingerprint density at radius 1 is 1.29 bits per heavy atom. The van der Waals surface area contributed by atoms with Crippen molar-refractivity contribution in [3.63, 3.8) is 0 Å². The van der Waals surface area contributed by atoms with Crippen molar-refractivity contribution >= 4 is 11.9 Å². The third-order valence-corrected chi connectivity index (χ3v) is 3.10. The van der Waals surface area contributed by atoms with E-state index in [2.05, 4.69) is 0 Å². The molecule has 0 saturated heterocycles. The van der Waals surface area contributed by atoms with Crippen LogP contribution in [0.4, 0.5) is 4.39 Å². The van der Waals surface area contributed by atoms with Crippen LogP contribution in [0.3, 0.4) is 0 Å². The molecule has 9 nitrogen and oxygen atoms in total. The first-order valence-corrected chi connectivity index (χ1v) is 6.93. The van der Waals surface area contributed by atoms with Crippen molar-refractivity contribution in [3.8, 4) is 0 Å². The minimum absolute atomic E-state index is 0.241. The molecule has 1 aromatic heterocycles. The number of ether oxygens (including phenoxy) is 3. The van der Waals surface area contributed by atoms with Gasteiger partial charge in [-0.25, -0.2) is 4.79 Å². The molecule has 10 heteroatoms. The summed E-state index contributed by atoms with van der Waals surface area (Å²) in [5.41, 5.74) is -2.03. The van der Waals surface area contributed by atoms with Gasteiger partial charge < -0.3 is 14.2 Å². The fourth-order valence-corrected chi connectivity index (χ4v) is 2.08. The maximum Gasteiger partial charge on any atom is 0.330 e. The number of halogens is 1. The number of aromatic amines is 1. The molecule has 0 saturated carbocycles. The molecule has 1 aliphatic rings. The number of rotatable bonds is 4. The number of esters is 2. The minimum atomic E-state index is -1.16. The predicted molar refractivity (Wildman–Crippen MR) is 76.5 cm³/mol. The van der Waals surface area contributed by atoms with E-state index in [1.807, 2.05) is 0 Å². The molecule has 1 aliphatic heterocycles. The van der Waals surface area contributed by atoms with Gasteiger partial charge in [-0.3, -0.25) is 23.9 Å². The Balaban J connectivity index is 2.29. The molecule has 0 aliphatic carbocycles. The van der Waals surface area contributed by atoms with E-state index in [1.165, 1.54) is 26.0 Å². The van der Waals surface area contributed by atoms with Crippen molar-refractivity contribution in [2.24, 2.45) is 0 Å². The first kappa shape index (κ1) is 17.6. The number of nitrogens with one attached hydrogen (secondary N) is 1. The smallest absolute Gasteiger partial charge is 0.330 e. The fraction of sp³-hybridized carbons (Fsp3) is 0.429. The number of hydrogen-bond acceptors (Lipinski definition) is 7. The number of carbonyl (C=O) groups excluding carboxylic acids is 2. The summed E-state index contributed by atoms with van der Waals surface area (Å²) in [5.74, 6) is -2.31. The van der Waals surface area contributed by atoms with E-state index >= 15 is 0 Å². The Morgan fingerprint density at radius 2 is 2.00 bits per heavy atom. The Kier molecular flexibility index (Phi) is 5.29. The van der Waals surface area contributed by atoms with Gasteiger partial charge >= 0.3 is 17.6 Å². The lowest BCUT2D eigenvalue weighted by molar-refractivity contribution is -0.168. The van der Waals surface area contributed by atoms with Gasteiger partial charge in [-0.15, -0.1) is 0 Å². The zero-order chi connectivity index (χ0) is 17.9. The highest BCUT2D eigenvalue weighted by Gasteiger charge is 2.32. The Hall–Kier alpha value is -2.75. The van der Waals surface area contributed by atoms with Gasteiger partial charge in [0.1, 0.15) is 18.8 Å². The summed E-state index contributed by atoms with van der Waals surface area (Å²) >= 11 is 0. The van der Waals surface area contributed by atoms with Gasteiger partial charge in [-0.2, -0.15) is 4.39 Å². The molecule has 0 aromatic carbocycles. The Morgan fingerprint density at radius 3 is 2.62 bits per heavy atom. The topological polar surface area (TPSA) is 117 Å². The average Bonchev–Trinajstić information content (AvgIpc) is 2.49. The van der Waals surface area contributed by atoms with Gasteiger partial charge in [-0.05, 0) is 12.2 Å². The summed E-state index contributed by atoms with van der Waals surface area (Å²) in [6.07, 6.45) is 0.661. The second-order valence-corrected chi connectivity index (χ2v) is 4.97. The van der Waals surface area contributed by atoms with Gasteiger partial charge in [0.05, 0.1) is 6.20 Å². The highest BCUT2D eigenvalue weighted by Crippen LogP contribution is 2.22. The van der Waals surface area contributed by atoms with Crippen LogP contribution in [0.25, 0.3) is 0 Å². The molecule has 24 heavy (non-hydrogen) atoms. The molecule has 0 fully saturated rings. The van der Waals surface area contributed by atoms with Crippen LogP contribution >= 0.6 is 0 Å². The lowest BCUT2D eigenvalue weighted by Gasteiger charge is -2.31. The van der Waals surface area contributed by atoms with Crippen molar-refractivity contribution in [2.75, 3.05) is 6.61 Å². The van der Waals surface area contributed by atoms with Gasteiger partial charge in [0.25, 0.3) is 5.56 Å². The zero-order valence-corrected chi connectivity index (χ0v) is 12.9. The molecule has 0 bridgehead atoms. The molecule has 2 heterocycles. The van der Waals surface area contributed by atoms with Crippen molar-refractivity contribution in [2.45, 2.75) is 32.3 Å². The number of carbonyl (C=O) groups is 2. The van der Waals surface area contributed by atoms with E-state index in [1.54, 1.807) is 4.98 Å². The van der Waals surface area contributed by atoms with Crippen LogP contribution in [-0.4, -0.2) is 40.3 Å². The second kappa shape index (κ2) is 7.21. The van der Waals surface area contributed by atoms with E-state index < -0.39 is 47.4 Å². The summed E-state index contributed by atoms with van der Waals surface area (Å²) < 4.78 is 29.6. The molecule has 2 rings (SSSR count). The molecule has 1 N–H and O–H groups in total. The van der Waals surface area contributed by atoms with Crippen molar-refractivity contribution in [1.29, 1.82) is 0 Å². The van der Waals surface area contributed by atoms with Crippen LogP contribution < -0.4 is 11.2 Å². The van der Waals surface area contributed by atoms with E-state index in [9.17, 15) is 23.6 Å². The summed E-state index contributed by atoms with van der Waals surface area (Å²) in [7, 11) is 0. The summed E-state index contributed by atoms with van der Waals surface area (Å²) in [6, 6.07) is 0. The fourth-order valence-electron chi connectivity index (χ4n) is 2.08. The molecular weight excluding hydrogens is 327 g/mol. The van der Waals surface area contributed by atoms with E-state index in [0.717, 1.165) is 4.57 Å². The first-order chi connectivity index (χ1) is 11.3. The van der Waals surface area contributed by atoms with Crippen LogP contribution in [0.5, 0.6) is 0 Å². The number of hydrogen-bond donors (Lipinski definition) is 1. The molecule has 1 aromatic rings. The van der Waals surface area contributed by atoms with Crippen LogP contribution in [0, 0.1) is 5.82 Å². The van der Waals surface area contributed by atoms with Crippen molar-refractivity contribution < 1.29 is 28.2 Å². The Bertz CT molecular complexity index is 782. The normalized spacial score (nSPS) is 22.9. The van der Waals surface area contributed by atoms with Gasteiger partial charge in [0.2, 0.25) is 5.82 Å². The lowest BCUT2D eigenvalue weighted by atomic mass is 10.1. The van der Waals surface area contributed by atoms with Crippen LogP contribution in [0.2, 0.25) is 0 Å². The molecule has 0 unspecified atom stereocenters. The number of aromatic nitrogens is 2. The standard InChI is InChI=1S/C14H15FN2O7/c1-7(18)22-6-11-10(23-8(2)19)3-4-12(24-11)17-5-9(15)13(20)16-14(17)21/h3-5,10-12H,6H2,1-2H3,(H,16,20,21)/t10-,11+,12-/m0/s1. The van der Waals surface area contributed by atoms with E-state index in [4.69, 9.17) is 14.2 Å².